The molecule has 2 aromatic rings. The molecule has 0 saturated heterocycles. The predicted octanol–water partition coefficient (Wildman–Crippen LogP) is 2.19. The van der Waals surface area contributed by atoms with Crippen LogP contribution in [0.4, 0.5) is 11.4 Å². The Hall–Kier alpha value is -2.83. The number of nitrogens with zero attached hydrogens (tertiary/aromatic N) is 1. The number of hydrogen-bond donors (Lipinski definition) is 2. The molecule has 3 N–H and O–H groups in total. The highest BCUT2D eigenvalue weighted by atomic mass is 79.9. The van der Waals surface area contributed by atoms with Crippen molar-refractivity contribution in [1.29, 1.82) is 0 Å². The number of carbonyl (C=O) groups is 2. The first-order chi connectivity index (χ1) is 13.0. The van der Waals surface area contributed by atoms with E-state index in [0.29, 0.717) is 0 Å². The summed E-state index contributed by atoms with van der Waals surface area (Å²) in [7, 11) is -4.05. The Morgan fingerprint density at radius 3 is 2.50 bits per heavy atom. The number of rotatable bonds is 6. The highest BCUT2D eigenvalue weighted by Crippen LogP contribution is 2.24. The number of nitrogens with one attached hydrogen (secondary N) is 1. The molecule has 148 valence electrons. The van der Waals surface area contributed by atoms with Crippen molar-refractivity contribution in [3.8, 4) is 0 Å². The molecule has 1 atom stereocenters. The third-order valence-electron chi connectivity index (χ3n) is 3.50. The molecular weight excluding hydrogens is 458 g/mol. The van der Waals surface area contributed by atoms with Crippen LogP contribution in [0.25, 0.3) is 0 Å². The van der Waals surface area contributed by atoms with Crippen molar-refractivity contribution in [3.63, 3.8) is 0 Å². The average molecular weight is 472 g/mol. The molecule has 10 nitrogen and oxygen atoms in total. The normalized spacial score (nSPS) is 12.1. The number of amides is 1. The fourth-order valence-corrected chi connectivity index (χ4v) is 3.04. The van der Waals surface area contributed by atoms with Crippen LogP contribution in [0.15, 0.2) is 51.8 Å². The second-order valence-electron chi connectivity index (χ2n) is 5.50. The number of hydrogen-bond acceptors (Lipinski definition) is 7. The number of nitro benzene ring substituents is 1. The minimum absolute atomic E-state index is 0.0576. The summed E-state index contributed by atoms with van der Waals surface area (Å²) in [6.45, 7) is 1.26. The molecule has 0 bridgehead atoms. The molecule has 0 aliphatic heterocycles. The van der Waals surface area contributed by atoms with Gasteiger partial charge < -0.3 is 10.1 Å². The summed E-state index contributed by atoms with van der Waals surface area (Å²) in [5.74, 6) is -1.79. The molecule has 2 rings (SSSR count). The van der Waals surface area contributed by atoms with Crippen molar-refractivity contribution >= 4 is 49.2 Å². The Morgan fingerprint density at radius 2 is 1.89 bits per heavy atom. The minimum atomic E-state index is -4.05. The Balaban J connectivity index is 2.17. The summed E-state index contributed by atoms with van der Waals surface area (Å²) in [6.07, 6.45) is -1.32. The number of halogens is 1. The SMILES string of the molecule is CC(OC(=O)c1cc(S(N)(=O)=O)ccc1Br)C(=O)Nc1ccccc1[N+](=O)[O-]. The summed E-state index contributed by atoms with van der Waals surface area (Å²) >= 11 is 3.09. The van der Waals surface area contributed by atoms with Crippen LogP contribution < -0.4 is 10.5 Å². The number of carbonyl (C=O) groups excluding carboxylic acids is 2. The van der Waals surface area contributed by atoms with Gasteiger partial charge in [0.2, 0.25) is 10.0 Å². The standard InChI is InChI=1S/C16H14BrN3O7S/c1-9(15(21)19-13-4-2-3-5-14(13)20(23)24)27-16(22)11-8-10(28(18,25)26)6-7-12(11)17/h2-9H,1H3,(H,19,21)(H2,18,25,26). The van der Waals surface area contributed by atoms with Crippen LogP contribution in [0.3, 0.4) is 0 Å². The van der Waals surface area contributed by atoms with Gasteiger partial charge in [0.15, 0.2) is 6.10 Å². The van der Waals surface area contributed by atoms with Gasteiger partial charge in [0.05, 0.1) is 15.4 Å². The van der Waals surface area contributed by atoms with E-state index >= 15 is 0 Å². The van der Waals surface area contributed by atoms with Crippen LogP contribution in [-0.2, 0) is 19.6 Å². The molecule has 1 amide bonds. The monoisotopic (exact) mass is 471 g/mol. The average Bonchev–Trinajstić information content (AvgIpc) is 2.61. The number of para-hydroxylation sites is 2. The maximum atomic E-state index is 12.3. The number of esters is 1. The van der Waals surface area contributed by atoms with Gasteiger partial charge in [-0.3, -0.25) is 14.9 Å². The smallest absolute Gasteiger partial charge is 0.340 e. The van der Waals surface area contributed by atoms with Gasteiger partial charge in [0, 0.05) is 10.5 Å². The Bertz CT molecular complexity index is 1060. The molecule has 1 unspecified atom stereocenters. The lowest BCUT2D eigenvalue weighted by molar-refractivity contribution is -0.383. The molecular formula is C16H14BrN3O7S. The van der Waals surface area contributed by atoms with Gasteiger partial charge in [-0.2, -0.15) is 0 Å². The number of sulfonamides is 1. The van der Waals surface area contributed by atoms with E-state index in [1.54, 1.807) is 0 Å². The van der Waals surface area contributed by atoms with E-state index in [2.05, 4.69) is 21.2 Å². The molecule has 0 aliphatic rings. The number of nitro groups is 1. The topological polar surface area (TPSA) is 159 Å². The van der Waals surface area contributed by atoms with Gasteiger partial charge in [-0.15, -0.1) is 0 Å². The molecule has 0 fully saturated rings. The van der Waals surface area contributed by atoms with Gasteiger partial charge in [0.1, 0.15) is 5.69 Å². The molecule has 12 heteroatoms. The molecule has 0 saturated carbocycles. The number of primary sulfonamides is 1. The Labute approximate surface area is 168 Å². The highest BCUT2D eigenvalue weighted by Gasteiger charge is 2.24. The predicted molar refractivity (Wildman–Crippen MR) is 102 cm³/mol. The summed E-state index contributed by atoms with van der Waals surface area (Å²) < 4.78 is 28.1. The van der Waals surface area contributed by atoms with Gasteiger partial charge in [-0.25, -0.2) is 18.4 Å². The van der Waals surface area contributed by atoms with Crippen LogP contribution in [0, 0.1) is 10.1 Å². The van der Waals surface area contributed by atoms with Crippen LogP contribution in [-0.4, -0.2) is 31.3 Å². The van der Waals surface area contributed by atoms with E-state index in [1.807, 2.05) is 0 Å². The first-order valence-electron chi connectivity index (χ1n) is 7.58. The second-order valence-corrected chi connectivity index (χ2v) is 7.91. The van der Waals surface area contributed by atoms with Crippen molar-refractivity contribution in [2.45, 2.75) is 17.9 Å². The first kappa shape index (κ1) is 21.5. The van der Waals surface area contributed by atoms with E-state index < -0.39 is 32.9 Å². The molecule has 0 heterocycles. The summed E-state index contributed by atoms with van der Waals surface area (Å²) in [5.41, 5.74) is -0.535. The Kier molecular flexibility index (Phi) is 6.48. The Morgan fingerprint density at radius 1 is 1.25 bits per heavy atom. The minimum Gasteiger partial charge on any atom is -0.449 e. The molecule has 0 aliphatic carbocycles. The lowest BCUT2D eigenvalue weighted by Gasteiger charge is -2.14. The lowest BCUT2D eigenvalue weighted by atomic mass is 10.2. The third kappa shape index (κ3) is 5.12. The van der Waals surface area contributed by atoms with E-state index in [-0.39, 0.29) is 26.3 Å². The fourth-order valence-electron chi connectivity index (χ4n) is 2.09. The molecule has 0 radical (unpaired) electrons. The third-order valence-corrected chi connectivity index (χ3v) is 5.10. The van der Waals surface area contributed by atoms with E-state index in [0.717, 1.165) is 6.07 Å². The van der Waals surface area contributed by atoms with E-state index in [9.17, 15) is 28.1 Å². The fraction of sp³-hybridized carbons (Fsp3) is 0.125. The van der Waals surface area contributed by atoms with Gasteiger partial charge in [-0.05, 0) is 47.1 Å². The quantitative estimate of drug-likeness (QED) is 0.370. The maximum Gasteiger partial charge on any atom is 0.340 e. The van der Waals surface area contributed by atoms with Gasteiger partial charge in [0.25, 0.3) is 11.6 Å². The van der Waals surface area contributed by atoms with Crippen molar-refractivity contribution in [1.82, 2.24) is 0 Å². The molecule has 2 aromatic carbocycles. The van der Waals surface area contributed by atoms with Crippen LogP contribution in [0.2, 0.25) is 0 Å². The highest BCUT2D eigenvalue weighted by molar-refractivity contribution is 9.10. The summed E-state index contributed by atoms with van der Waals surface area (Å²) in [5, 5.41) is 18.3. The molecule has 28 heavy (non-hydrogen) atoms. The molecule has 0 aromatic heterocycles. The van der Waals surface area contributed by atoms with Crippen molar-refractivity contribution in [2.24, 2.45) is 5.14 Å². The zero-order valence-electron chi connectivity index (χ0n) is 14.3. The number of nitrogens with two attached hydrogens (primary N) is 1. The summed E-state index contributed by atoms with van der Waals surface area (Å²) in [6, 6.07) is 8.98. The van der Waals surface area contributed by atoms with Crippen molar-refractivity contribution in [3.05, 3.63) is 62.6 Å². The zero-order chi connectivity index (χ0) is 21.1. The molecule has 0 spiro atoms. The van der Waals surface area contributed by atoms with E-state index in [4.69, 9.17) is 9.88 Å². The van der Waals surface area contributed by atoms with Crippen molar-refractivity contribution < 1.29 is 27.7 Å². The number of anilines is 1. The van der Waals surface area contributed by atoms with Crippen LogP contribution in [0.5, 0.6) is 0 Å². The van der Waals surface area contributed by atoms with Crippen LogP contribution in [0.1, 0.15) is 17.3 Å². The number of ether oxygens (including phenoxy) is 1. The zero-order valence-corrected chi connectivity index (χ0v) is 16.7. The van der Waals surface area contributed by atoms with Crippen molar-refractivity contribution in [2.75, 3.05) is 5.32 Å². The second kappa shape index (κ2) is 8.46. The van der Waals surface area contributed by atoms with E-state index in [1.165, 1.54) is 43.3 Å². The summed E-state index contributed by atoms with van der Waals surface area (Å²) in [4.78, 5) is 34.6. The lowest BCUT2D eigenvalue weighted by Crippen LogP contribution is -2.30. The number of benzene rings is 2. The van der Waals surface area contributed by atoms with Gasteiger partial charge >= 0.3 is 5.97 Å². The van der Waals surface area contributed by atoms with Crippen LogP contribution >= 0.6 is 15.9 Å². The largest absolute Gasteiger partial charge is 0.449 e. The maximum absolute atomic E-state index is 12.3. The van der Waals surface area contributed by atoms with Gasteiger partial charge in [-0.1, -0.05) is 12.1 Å². The first-order valence-corrected chi connectivity index (χ1v) is 9.92.